The van der Waals surface area contributed by atoms with Crippen molar-refractivity contribution in [2.24, 2.45) is 0 Å². The minimum Gasteiger partial charge on any atom is -0.357 e. The fourth-order valence-electron chi connectivity index (χ4n) is 4.18. The maximum atomic E-state index is 13.7. The summed E-state index contributed by atoms with van der Waals surface area (Å²) in [6.07, 6.45) is 3.24. The molecular formula is C23H21ClF3N7O. The number of H-pyrrole nitrogens is 1. The van der Waals surface area contributed by atoms with Crippen LogP contribution in [0.2, 0.25) is 5.02 Å². The Balaban J connectivity index is 1.35. The number of nitrogens with one attached hydrogen (secondary N) is 2. The predicted octanol–water partition coefficient (Wildman–Crippen LogP) is 4.36. The highest BCUT2D eigenvalue weighted by atomic mass is 35.5. The van der Waals surface area contributed by atoms with Gasteiger partial charge < -0.3 is 15.2 Å². The van der Waals surface area contributed by atoms with Crippen LogP contribution in [0.3, 0.4) is 0 Å². The smallest absolute Gasteiger partial charge is 0.357 e. The van der Waals surface area contributed by atoms with Crippen molar-refractivity contribution in [2.45, 2.75) is 32.1 Å². The van der Waals surface area contributed by atoms with Crippen molar-refractivity contribution < 1.29 is 18.0 Å². The molecule has 3 aliphatic heterocycles. The Hall–Kier alpha value is -3.60. The van der Waals surface area contributed by atoms with E-state index in [2.05, 4.69) is 30.3 Å². The number of aromatic nitrogens is 5. The van der Waals surface area contributed by atoms with Gasteiger partial charge in [-0.3, -0.25) is 9.48 Å². The van der Waals surface area contributed by atoms with Gasteiger partial charge in [0, 0.05) is 55.5 Å². The normalized spacial score (nSPS) is 14.1. The number of anilines is 1. The first-order valence-electron chi connectivity index (χ1n) is 11.0. The molecule has 0 radical (unpaired) electrons. The van der Waals surface area contributed by atoms with Crippen LogP contribution in [0.4, 0.5) is 19.0 Å². The number of aromatic amines is 1. The minimum atomic E-state index is -4.78. The number of nitrogens with zero attached hydrogens (tertiary/aromatic N) is 5. The second-order valence-electron chi connectivity index (χ2n) is 8.35. The number of hydrogen-bond acceptors (Lipinski definition) is 5. The number of pyridine rings is 2. The summed E-state index contributed by atoms with van der Waals surface area (Å²) in [6.45, 7) is 1.86. The van der Waals surface area contributed by atoms with Gasteiger partial charge in [0.1, 0.15) is 11.6 Å². The van der Waals surface area contributed by atoms with Crippen molar-refractivity contribution in [3.05, 3.63) is 70.4 Å². The molecule has 5 heterocycles. The summed E-state index contributed by atoms with van der Waals surface area (Å²) in [5.41, 5.74) is 0.272. The quantitative estimate of drug-likeness (QED) is 0.408. The van der Waals surface area contributed by atoms with Crippen molar-refractivity contribution >= 4 is 23.3 Å². The molecule has 0 unspecified atom stereocenters. The molecule has 2 N–H and O–H groups in total. The Morgan fingerprint density at radius 1 is 1.20 bits per heavy atom. The van der Waals surface area contributed by atoms with Gasteiger partial charge in [0.25, 0.3) is 5.91 Å². The molecule has 0 spiro atoms. The summed E-state index contributed by atoms with van der Waals surface area (Å²) in [4.78, 5) is 26.4. The maximum absolute atomic E-state index is 13.7. The molecule has 35 heavy (non-hydrogen) atoms. The van der Waals surface area contributed by atoms with Gasteiger partial charge in [0.15, 0.2) is 5.69 Å². The molecule has 3 aliphatic rings. The Morgan fingerprint density at radius 3 is 2.77 bits per heavy atom. The summed E-state index contributed by atoms with van der Waals surface area (Å²) in [5, 5.41) is 6.68. The number of alkyl halides is 3. The van der Waals surface area contributed by atoms with Crippen LogP contribution in [0.15, 0.2) is 43.0 Å². The van der Waals surface area contributed by atoms with Crippen LogP contribution in [0.1, 0.15) is 40.0 Å². The standard InChI is InChI=1S/C23H21ClF3N7O/c24-16-8-17-15(9-29-21(17)30-11-16)10-31-22(35)18-13-34(32-20(18)23(25,26)27)12-14-3-4-28-19(7-14)33-5-1-2-6-33/h3-4,7-9,11,13H,1-2,5-6,10,12H2,(H,29,30)(H,31,35). The first-order valence-corrected chi connectivity index (χ1v) is 11.4. The van der Waals surface area contributed by atoms with Crippen LogP contribution >= 0.6 is 11.6 Å². The van der Waals surface area contributed by atoms with Crippen LogP contribution in [-0.4, -0.2) is 43.7 Å². The number of fused-ring (bicyclic) bond motifs is 1. The minimum absolute atomic E-state index is 0.0183. The van der Waals surface area contributed by atoms with Crippen molar-refractivity contribution in [3.63, 3.8) is 0 Å². The number of hydrogen-bond donors (Lipinski definition) is 2. The van der Waals surface area contributed by atoms with E-state index in [9.17, 15) is 18.0 Å². The van der Waals surface area contributed by atoms with Gasteiger partial charge in [-0.15, -0.1) is 0 Å². The molecule has 5 rings (SSSR count). The summed E-state index contributed by atoms with van der Waals surface area (Å²) in [6, 6.07) is 5.24. The lowest BCUT2D eigenvalue weighted by Crippen LogP contribution is -2.25. The third-order valence-corrected chi connectivity index (χ3v) is 6.10. The van der Waals surface area contributed by atoms with E-state index in [0.29, 0.717) is 22.0 Å². The highest BCUT2D eigenvalue weighted by Crippen LogP contribution is 2.31. The number of amides is 1. The highest BCUT2D eigenvalue weighted by Gasteiger charge is 2.39. The van der Waals surface area contributed by atoms with E-state index in [1.165, 1.54) is 6.20 Å². The molecule has 1 fully saturated rings. The van der Waals surface area contributed by atoms with E-state index in [1.54, 1.807) is 24.5 Å². The van der Waals surface area contributed by atoms with Crippen molar-refractivity contribution in [1.29, 1.82) is 0 Å². The maximum Gasteiger partial charge on any atom is 0.435 e. The molecule has 0 atom stereocenters. The highest BCUT2D eigenvalue weighted by molar-refractivity contribution is 6.30. The molecule has 0 aliphatic carbocycles. The number of carbonyl (C=O) groups is 1. The Labute approximate surface area is 203 Å². The van der Waals surface area contributed by atoms with Gasteiger partial charge in [0.05, 0.1) is 17.1 Å². The summed E-state index contributed by atoms with van der Waals surface area (Å²) in [5.74, 6) is 0.471. The van der Waals surface area contributed by atoms with Crippen LogP contribution in [0.5, 0.6) is 0 Å². The van der Waals surface area contributed by atoms with Gasteiger partial charge in [-0.1, -0.05) is 11.6 Å². The average Bonchev–Trinajstić information content (AvgIpc) is 3.57. The molecule has 1 amide bonds. The molecule has 12 heteroatoms. The Kier molecular flexibility index (Phi) is 6.10. The third-order valence-electron chi connectivity index (χ3n) is 5.88. The summed E-state index contributed by atoms with van der Waals surface area (Å²) < 4.78 is 42.2. The lowest BCUT2D eigenvalue weighted by atomic mass is 10.1. The summed E-state index contributed by atoms with van der Waals surface area (Å²) in [7, 11) is 0. The van der Waals surface area contributed by atoms with Crippen LogP contribution in [0.25, 0.3) is 11.4 Å². The van der Waals surface area contributed by atoms with Crippen LogP contribution in [-0.2, 0) is 19.3 Å². The lowest BCUT2D eigenvalue weighted by molar-refractivity contribution is -0.141. The molecule has 182 valence electrons. The van der Waals surface area contributed by atoms with E-state index in [0.717, 1.165) is 48.2 Å². The average molecular weight is 504 g/mol. The van der Waals surface area contributed by atoms with Gasteiger partial charge in [-0.05, 0) is 36.6 Å². The van der Waals surface area contributed by atoms with Gasteiger partial charge in [-0.2, -0.15) is 18.3 Å². The largest absolute Gasteiger partial charge is 0.435 e. The van der Waals surface area contributed by atoms with E-state index < -0.39 is 23.3 Å². The zero-order valence-corrected chi connectivity index (χ0v) is 19.2. The van der Waals surface area contributed by atoms with Crippen molar-refractivity contribution in [3.8, 4) is 11.4 Å². The second-order valence-corrected chi connectivity index (χ2v) is 8.79. The molecule has 2 aromatic rings. The zero-order chi connectivity index (χ0) is 24.6. The molecular weight excluding hydrogens is 483 g/mol. The van der Waals surface area contributed by atoms with Gasteiger partial charge >= 0.3 is 6.18 Å². The second kappa shape index (κ2) is 9.21. The van der Waals surface area contributed by atoms with Crippen LogP contribution < -0.4 is 10.2 Å². The third kappa shape index (κ3) is 4.95. The fraction of sp³-hybridized carbons (Fsp3) is 0.304. The predicted molar refractivity (Wildman–Crippen MR) is 123 cm³/mol. The molecule has 0 bridgehead atoms. The van der Waals surface area contributed by atoms with Crippen LogP contribution in [0, 0.1) is 0 Å². The Morgan fingerprint density at radius 2 is 2.00 bits per heavy atom. The van der Waals surface area contributed by atoms with Gasteiger partial charge in [0.2, 0.25) is 0 Å². The first kappa shape index (κ1) is 23.2. The zero-order valence-electron chi connectivity index (χ0n) is 18.4. The first-order chi connectivity index (χ1) is 16.8. The molecule has 2 aromatic heterocycles. The number of halogens is 4. The van der Waals surface area contributed by atoms with E-state index >= 15 is 0 Å². The molecule has 0 saturated carbocycles. The Bertz CT molecular complexity index is 1330. The molecule has 8 nitrogen and oxygen atoms in total. The number of rotatable bonds is 6. The molecule has 1 saturated heterocycles. The molecule has 0 aromatic carbocycles. The monoisotopic (exact) mass is 503 g/mol. The van der Waals surface area contributed by atoms with E-state index in [1.807, 2.05) is 6.07 Å². The summed E-state index contributed by atoms with van der Waals surface area (Å²) >= 11 is 6.00. The fourth-order valence-corrected chi connectivity index (χ4v) is 4.34. The van der Waals surface area contributed by atoms with Gasteiger partial charge in [-0.25, -0.2) is 9.97 Å². The topological polar surface area (TPSA) is 91.7 Å². The SMILES string of the molecule is O=C(NCc1cnc2[nH]cc(Cl)cc1-2)c1cn(Cc2ccnc(N3CCCC3)c2)nc1C(F)(F)F. The van der Waals surface area contributed by atoms with Crippen molar-refractivity contribution in [1.82, 2.24) is 30.0 Å². The van der Waals surface area contributed by atoms with E-state index in [-0.39, 0.29) is 13.1 Å². The van der Waals surface area contributed by atoms with E-state index in [4.69, 9.17) is 11.6 Å². The lowest BCUT2D eigenvalue weighted by Gasteiger charge is -2.16. The number of carbonyl (C=O) groups excluding carboxylic acids is 1. The van der Waals surface area contributed by atoms with Crippen molar-refractivity contribution in [2.75, 3.05) is 18.0 Å².